The minimum atomic E-state index is -0.418. The molecule has 1 heterocycles. The van der Waals surface area contributed by atoms with Gasteiger partial charge in [0.25, 0.3) is 0 Å². The van der Waals surface area contributed by atoms with Gasteiger partial charge in [0.1, 0.15) is 0 Å². The van der Waals surface area contributed by atoms with E-state index in [0.717, 1.165) is 11.1 Å². The Bertz CT molecular complexity index is 299. The maximum absolute atomic E-state index is 9.65. The average Bonchev–Trinajstić information content (AvgIpc) is 2.17. The van der Waals surface area contributed by atoms with Crippen molar-refractivity contribution in [2.24, 2.45) is 0 Å². The van der Waals surface area contributed by atoms with Crippen LogP contribution in [0.1, 0.15) is 37.5 Å². The Balaban J connectivity index is 2.89. The normalized spacial score (nSPS) is 12.6. The smallest absolute Gasteiger partial charge is 0.213 e. The van der Waals surface area contributed by atoms with E-state index < -0.39 is 6.10 Å². The molecule has 0 aliphatic heterocycles. The first-order valence-corrected chi connectivity index (χ1v) is 4.96. The van der Waals surface area contributed by atoms with Crippen LogP contribution >= 0.6 is 0 Å². The molecule has 0 aliphatic carbocycles. The maximum Gasteiger partial charge on any atom is 0.213 e. The standard InChI is InChI=1S/C11H17NO2/c1-4-10(13)9-7-12-11(14-5-2)6-8(9)3/h6-7,10,13H,4-5H2,1-3H3. The van der Waals surface area contributed by atoms with Crippen molar-refractivity contribution in [3.05, 3.63) is 23.4 Å². The van der Waals surface area contributed by atoms with Crippen LogP contribution in [0.5, 0.6) is 5.88 Å². The average molecular weight is 195 g/mol. The Morgan fingerprint density at radius 2 is 2.21 bits per heavy atom. The van der Waals surface area contributed by atoms with Crippen molar-refractivity contribution in [2.75, 3.05) is 6.61 Å². The zero-order chi connectivity index (χ0) is 10.6. The first-order chi connectivity index (χ1) is 6.69. The molecule has 3 heteroatoms. The second-order valence-corrected chi connectivity index (χ2v) is 3.24. The van der Waals surface area contributed by atoms with Gasteiger partial charge in [0.05, 0.1) is 12.7 Å². The van der Waals surface area contributed by atoms with Gasteiger partial charge in [-0.1, -0.05) is 6.92 Å². The van der Waals surface area contributed by atoms with Crippen LogP contribution in [0.3, 0.4) is 0 Å². The van der Waals surface area contributed by atoms with Crippen LogP contribution in [0.25, 0.3) is 0 Å². The van der Waals surface area contributed by atoms with Gasteiger partial charge in [0, 0.05) is 17.8 Å². The van der Waals surface area contributed by atoms with Gasteiger partial charge in [-0.3, -0.25) is 0 Å². The molecular weight excluding hydrogens is 178 g/mol. The van der Waals surface area contributed by atoms with Gasteiger partial charge in [-0.2, -0.15) is 0 Å². The third-order valence-electron chi connectivity index (χ3n) is 2.16. The fourth-order valence-electron chi connectivity index (χ4n) is 1.34. The molecule has 0 saturated carbocycles. The van der Waals surface area contributed by atoms with Crippen molar-refractivity contribution in [3.63, 3.8) is 0 Å². The molecule has 0 bridgehead atoms. The van der Waals surface area contributed by atoms with Crippen LogP contribution < -0.4 is 4.74 Å². The Morgan fingerprint density at radius 1 is 1.50 bits per heavy atom. The fraction of sp³-hybridized carbons (Fsp3) is 0.545. The highest BCUT2D eigenvalue weighted by Gasteiger charge is 2.09. The van der Waals surface area contributed by atoms with Crippen LogP contribution in [0.15, 0.2) is 12.3 Å². The van der Waals surface area contributed by atoms with Crippen molar-refractivity contribution in [1.82, 2.24) is 4.98 Å². The highest BCUT2D eigenvalue weighted by Crippen LogP contribution is 2.22. The molecule has 0 aliphatic rings. The number of hydrogen-bond donors (Lipinski definition) is 1. The van der Waals surface area contributed by atoms with Gasteiger partial charge in [-0.25, -0.2) is 4.98 Å². The molecule has 1 atom stereocenters. The lowest BCUT2D eigenvalue weighted by molar-refractivity contribution is 0.172. The monoisotopic (exact) mass is 195 g/mol. The van der Waals surface area contributed by atoms with Gasteiger partial charge in [0.2, 0.25) is 5.88 Å². The SMILES string of the molecule is CCOc1cc(C)c(C(O)CC)cn1. The molecule has 3 nitrogen and oxygen atoms in total. The summed E-state index contributed by atoms with van der Waals surface area (Å²) in [4.78, 5) is 4.12. The Kier molecular flexibility index (Phi) is 3.89. The summed E-state index contributed by atoms with van der Waals surface area (Å²) in [5, 5.41) is 9.65. The number of aliphatic hydroxyl groups is 1. The molecule has 1 rings (SSSR count). The largest absolute Gasteiger partial charge is 0.478 e. The minimum absolute atomic E-state index is 0.418. The van der Waals surface area contributed by atoms with Crippen LogP contribution in [-0.2, 0) is 0 Å². The second kappa shape index (κ2) is 4.96. The van der Waals surface area contributed by atoms with E-state index in [1.807, 2.05) is 26.8 Å². The molecular formula is C11H17NO2. The molecule has 1 aromatic heterocycles. The molecule has 0 saturated heterocycles. The summed E-state index contributed by atoms with van der Waals surface area (Å²) >= 11 is 0. The molecule has 1 aromatic rings. The third-order valence-corrected chi connectivity index (χ3v) is 2.16. The Labute approximate surface area is 84.7 Å². The maximum atomic E-state index is 9.65. The molecule has 0 fully saturated rings. The molecule has 1 N–H and O–H groups in total. The fourth-order valence-corrected chi connectivity index (χ4v) is 1.34. The summed E-state index contributed by atoms with van der Waals surface area (Å²) in [6.45, 7) is 6.44. The topological polar surface area (TPSA) is 42.4 Å². The van der Waals surface area contributed by atoms with Crippen molar-refractivity contribution >= 4 is 0 Å². The van der Waals surface area contributed by atoms with Crippen LogP contribution in [0.4, 0.5) is 0 Å². The summed E-state index contributed by atoms with van der Waals surface area (Å²) < 4.78 is 5.26. The molecule has 1 unspecified atom stereocenters. The van der Waals surface area contributed by atoms with Crippen LogP contribution in [-0.4, -0.2) is 16.7 Å². The highest BCUT2D eigenvalue weighted by atomic mass is 16.5. The number of ether oxygens (including phenoxy) is 1. The lowest BCUT2D eigenvalue weighted by Gasteiger charge is -2.12. The van der Waals surface area contributed by atoms with Gasteiger partial charge in [-0.05, 0) is 25.8 Å². The summed E-state index contributed by atoms with van der Waals surface area (Å²) in [5.74, 6) is 0.622. The van der Waals surface area contributed by atoms with Gasteiger partial charge in [-0.15, -0.1) is 0 Å². The van der Waals surface area contributed by atoms with E-state index in [-0.39, 0.29) is 0 Å². The first-order valence-electron chi connectivity index (χ1n) is 4.96. The number of rotatable bonds is 4. The molecule has 0 radical (unpaired) electrons. The van der Waals surface area contributed by atoms with E-state index in [0.29, 0.717) is 18.9 Å². The lowest BCUT2D eigenvalue weighted by atomic mass is 10.0. The summed E-state index contributed by atoms with van der Waals surface area (Å²) in [6, 6.07) is 1.86. The number of hydrogen-bond acceptors (Lipinski definition) is 3. The van der Waals surface area contributed by atoms with Crippen molar-refractivity contribution in [3.8, 4) is 5.88 Å². The third kappa shape index (κ3) is 2.45. The molecule has 78 valence electrons. The number of aliphatic hydroxyl groups excluding tert-OH is 1. The minimum Gasteiger partial charge on any atom is -0.478 e. The van der Waals surface area contributed by atoms with Gasteiger partial charge < -0.3 is 9.84 Å². The summed E-state index contributed by atoms with van der Waals surface area (Å²) in [7, 11) is 0. The second-order valence-electron chi connectivity index (χ2n) is 3.24. The number of pyridine rings is 1. The molecule has 0 aromatic carbocycles. The van der Waals surface area contributed by atoms with E-state index in [1.54, 1.807) is 6.20 Å². The zero-order valence-electron chi connectivity index (χ0n) is 8.95. The van der Waals surface area contributed by atoms with Crippen molar-refractivity contribution in [2.45, 2.75) is 33.3 Å². The number of aryl methyl sites for hydroxylation is 1. The van der Waals surface area contributed by atoms with E-state index in [9.17, 15) is 5.11 Å². The molecule has 0 spiro atoms. The molecule has 14 heavy (non-hydrogen) atoms. The number of nitrogens with zero attached hydrogens (tertiary/aromatic N) is 1. The van der Waals surface area contributed by atoms with Crippen LogP contribution in [0.2, 0.25) is 0 Å². The van der Waals surface area contributed by atoms with Crippen molar-refractivity contribution in [1.29, 1.82) is 0 Å². The number of aromatic nitrogens is 1. The molecule has 0 amide bonds. The van der Waals surface area contributed by atoms with Crippen LogP contribution in [0, 0.1) is 6.92 Å². The van der Waals surface area contributed by atoms with Crippen molar-refractivity contribution < 1.29 is 9.84 Å². The summed E-state index contributed by atoms with van der Waals surface area (Å²) in [5.41, 5.74) is 1.91. The Hall–Kier alpha value is -1.09. The highest BCUT2D eigenvalue weighted by molar-refractivity contribution is 5.29. The van der Waals surface area contributed by atoms with Gasteiger partial charge >= 0.3 is 0 Å². The quantitative estimate of drug-likeness (QED) is 0.801. The Morgan fingerprint density at radius 3 is 2.71 bits per heavy atom. The summed E-state index contributed by atoms with van der Waals surface area (Å²) in [6.07, 6.45) is 1.98. The van der Waals surface area contributed by atoms with E-state index >= 15 is 0 Å². The first kappa shape index (κ1) is 11.0. The lowest BCUT2D eigenvalue weighted by Crippen LogP contribution is -2.01. The van der Waals surface area contributed by atoms with Gasteiger partial charge in [0.15, 0.2) is 0 Å². The zero-order valence-corrected chi connectivity index (χ0v) is 8.95. The van der Waals surface area contributed by atoms with E-state index in [1.165, 1.54) is 0 Å². The predicted molar refractivity (Wildman–Crippen MR) is 55.4 cm³/mol. The van der Waals surface area contributed by atoms with E-state index in [4.69, 9.17) is 4.74 Å². The predicted octanol–water partition coefficient (Wildman–Crippen LogP) is 2.23. The van der Waals surface area contributed by atoms with E-state index in [2.05, 4.69) is 4.98 Å².